The van der Waals surface area contributed by atoms with E-state index >= 15 is 0 Å². The molecule has 2 fully saturated rings. The van der Waals surface area contributed by atoms with Gasteiger partial charge in [0.15, 0.2) is 0 Å². The number of carboxylic acids is 1. The molecule has 4 nitrogen and oxygen atoms in total. The van der Waals surface area contributed by atoms with Gasteiger partial charge in [0.1, 0.15) is 0 Å². The third-order valence-corrected chi connectivity index (χ3v) is 4.83. The third-order valence-electron chi connectivity index (χ3n) is 4.83. The number of aliphatic carboxylic acids is 1. The monoisotopic (exact) mass is 281 g/mol. The topological polar surface area (TPSA) is 57.6 Å². The number of likely N-dealkylation sites (tertiary alicyclic amines) is 1. The van der Waals surface area contributed by atoms with E-state index in [1.807, 2.05) is 4.90 Å². The van der Waals surface area contributed by atoms with E-state index in [2.05, 4.69) is 0 Å². The first kappa shape index (κ1) is 15.3. The van der Waals surface area contributed by atoms with Crippen LogP contribution in [0.25, 0.3) is 0 Å². The first-order chi connectivity index (χ1) is 9.65. The van der Waals surface area contributed by atoms with Crippen molar-refractivity contribution < 1.29 is 14.7 Å². The predicted octanol–water partition coefficient (Wildman–Crippen LogP) is 3.06. The number of hydrogen-bond donors (Lipinski definition) is 1. The van der Waals surface area contributed by atoms with Crippen LogP contribution in [0.3, 0.4) is 0 Å². The van der Waals surface area contributed by atoms with Gasteiger partial charge in [-0.05, 0) is 31.1 Å². The second kappa shape index (κ2) is 7.65. The zero-order chi connectivity index (χ0) is 14.4. The molecule has 2 rings (SSSR count). The number of piperidine rings is 1. The van der Waals surface area contributed by atoms with Crippen molar-refractivity contribution in [1.29, 1.82) is 0 Å². The smallest absolute Gasteiger partial charge is 0.303 e. The van der Waals surface area contributed by atoms with E-state index in [1.54, 1.807) is 0 Å². The van der Waals surface area contributed by atoms with Gasteiger partial charge in [0.05, 0.1) is 0 Å². The summed E-state index contributed by atoms with van der Waals surface area (Å²) in [5, 5.41) is 8.86. The van der Waals surface area contributed by atoms with Gasteiger partial charge in [0.25, 0.3) is 0 Å². The molecule has 1 heterocycles. The van der Waals surface area contributed by atoms with Crippen molar-refractivity contribution in [3.63, 3.8) is 0 Å². The Morgan fingerprint density at radius 3 is 2.40 bits per heavy atom. The Kier molecular flexibility index (Phi) is 5.86. The van der Waals surface area contributed by atoms with Crippen LogP contribution in [0.5, 0.6) is 0 Å². The van der Waals surface area contributed by atoms with Gasteiger partial charge in [-0.3, -0.25) is 9.59 Å². The molecule has 1 unspecified atom stereocenters. The van der Waals surface area contributed by atoms with Gasteiger partial charge in [0, 0.05) is 25.9 Å². The van der Waals surface area contributed by atoms with Gasteiger partial charge >= 0.3 is 5.97 Å². The Morgan fingerprint density at radius 2 is 1.70 bits per heavy atom. The van der Waals surface area contributed by atoms with Gasteiger partial charge in [-0.1, -0.05) is 32.1 Å². The second-order valence-corrected chi connectivity index (χ2v) is 6.49. The van der Waals surface area contributed by atoms with E-state index in [0.717, 1.165) is 31.7 Å². The lowest BCUT2D eigenvalue weighted by Crippen LogP contribution is -2.40. The minimum atomic E-state index is -0.744. The van der Waals surface area contributed by atoms with Gasteiger partial charge in [-0.2, -0.15) is 0 Å². The summed E-state index contributed by atoms with van der Waals surface area (Å²) >= 11 is 0. The van der Waals surface area contributed by atoms with E-state index in [-0.39, 0.29) is 18.2 Å². The Labute approximate surface area is 121 Å². The minimum Gasteiger partial charge on any atom is -0.481 e. The Bertz CT molecular complexity index is 337. The SMILES string of the molecule is O=C(O)CC1CCCN(C(=O)CCC2CCCCC2)C1. The maximum atomic E-state index is 12.3. The summed E-state index contributed by atoms with van der Waals surface area (Å²) in [6.07, 6.45) is 10.4. The molecule has 1 saturated heterocycles. The van der Waals surface area contributed by atoms with Crippen LogP contribution in [-0.4, -0.2) is 35.0 Å². The van der Waals surface area contributed by atoms with Crippen molar-refractivity contribution in [2.75, 3.05) is 13.1 Å². The number of carbonyl (C=O) groups excluding carboxylic acids is 1. The molecule has 0 bridgehead atoms. The Hall–Kier alpha value is -1.06. The first-order valence-corrected chi connectivity index (χ1v) is 8.14. The molecule has 0 aromatic carbocycles. The van der Waals surface area contributed by atoms with Crippen molar-refractivity contribution in [2.24, 2.45) is 11.8 Å². The fourth-order valence-corrected chi connectivity index (χ4v) is 3.67. The summed E-state index contributed by atoms with van der Waals surface area (Å²) in [6, 6.07) is 0. The molecule has 1 aliphatic heterocycles. The number of rotatable bonds is 5. The lowest BCUT2D eigenvalue weighted by Gasteiger charge is -2.32. The molecule has 1 aliphatic carbocycles. The zero-order valence-corrected chi connectivity index (χ0v) is 12.4. The predicted molar refractivity (Wildman–Crippen MR) is 77.4 cm³/mol. The van der Waals surface area contributed by atoms with Crippen LogP contribution in [0.4, 0.5) is 0 Å². The highest BCUT2D eigenvalue weighted by Gasteiger charge is 2.25. The molecular formula is C16H27NO3. The van der Waals surface area contributed by atoms with Crippen LogP contribution >= 0.6 is 0 Å². The number of carbonyl (C=O) groups is 2. The lowest BCUT2D eigenvalue weighted by atomic mass is 9.86. The molecule has 1 atom stereocenters. The summed E-state index contributed by atoms with van der Waals surface area (Å²) in [5.41, 5.74) is 0. The summed E-state index contributed by atoms with van der Waals surface area (Å²) in [6.45, 7) is 1.47. The molecule has 0 radical (unpaired) electrons. The van der Waals surface area contributed by atoms with Crippen LogP contribution in [0.1, 0.15) is 64.2 Å². The van der Waals surface area contributed by atoms with E-state index < -0.39 is 5.97 Å². The van der Waals surface area contributed by atoms with Gasteiger partial charge in [-0.25, -0.2) is 0 Å². The molecule has 4 heteroatoms. The average Bonchev–Trinajstić information content (AvgIpc) is 2.45. The maximum absolute atomic E-state index is 12.3. The van der Waals surface area contributed by atoms with Crippen LogP contribution < -0.4 is 0 Å². The van der Waals surface area contributed by atoms with Crippen LogP contribution in [-0.2, 0) is 9.59 Å². The highest BCUT2D eigenvalue weighted by atomic mass is 16.4. The Balaban J connectivity index is 1.72. The summed E-state index contributed by atoms with van der Waals surface area (Å²) in [7, 11) is 0. The number of nitrogens with zero attached hydrogens (tertiary/aromatic N) is 1. The molecule has 1 saturated carbocycles. The van der Waals surface area contributed by atoms with E-state index in [1.165, 1.54) is 32.1 Å². The normalized spacial score (nSPS) is 24.6. The molecule has 1 amide bonds. The highest BCUT2D eigenvalue weighted by molar-refractivity contribution is 5.76. The van der Waals surface area contributed by atoms with Crippen molar-refractivity contribution in [3.8, 4) is 0 Å². The van der Waals surface area contributed by atoms with Crippen molar-refractivity contribution >= 4 is 11.9 Å². The highest BCUT2D eigenvalue weighted by Crippen LogP contribution is 2.28. The molecule has 114 valence electrons. The molecule has 0 aromatic heterocycles. The number of hydrogen-bond acceptors (Lipinski definition) is 2. The van der Waals surface area contributed by atoms with Gasteiger partial charge in [0.2, 0.25) is 5.91 Å². The first-order valence-electron chi connectivity index (χ1n) is 8.14. The summed E-state index contributed by atoms with van der Waals surface area (Å²) < 4.78 is 0. The van der Waals surface area contributed by atoms with Crippen LogP contribution in [0.2, 0.25) is 0 Å². The Morgan fingerprint density at radius 1 is 1.00 bits per heavy atom. The molecule has 0 aromatic rings. The largest absolute Gasteiger partial charge is 0.481 e. The quantitative estimate of drug-likeness (QED) is 0.842. The summed E-state index contributed by atoms with van der Waals surface area (Å²) in [5.74, 6) is 0.393. The summed E-state index contributed by atoms with van der Waals surface area (Å²) in [4.78, 5) is 24.9. The number of amides is 1. The van der Waals surface area contributed by atoms with E-state index in [4.69, 9.17) is 5.11 Å². The van der Waals surface area contributed by atoms with Crippen LogP contribution in [0.15, 0.2) is 0 Å². The number of carboxylic acid groups (broad SMARTS) is 1. The van der Waals surface area contributed by atoms with Crippen molar-refractivity contribution in [3.05, 3.63) is 0 Å². The average molecular weight is 281 g/mol. The molecular weight excluding hydrogens is 254 g/mol. The van der Waals surface area contributed by atoms with Gasteiger partial charge in [-0.15, -0.1) is 0 Å². The molecule has 1 N–H and O–H groups in total. The molecule has 2 aliphatic rings. The second-order valence-electron chi connectivity index (χ2n) is 6.49. The molecule has 0 spiro atoms. The van der Waals surface area contributed by atoms with Gasteiger partial charge < -0.3 is 10.0 Å². The zero-order valence-electron chi connectivity index (χ0n) is 12.4. The van der Waals surface area contributed by atoms with E-state index in [9.17, 15) is 9.59 Å². The van der Waals surface area contributed by atoms with Crippen LogP contribution in [0, 0.1) is 11.8 Å². The standard InChI is InChI=1S/C16H27NO3/c18-15(9-8-13-5-2-1-3-6-13)17-10-4-7-14(12-17)11-16(19)20/h13-14H,1-12H2,(H,19,20). The van der Waals surface area contributed by atoms with Crippen molar-refractivity contribution in [1.82, 2.24) is 4.90 Å². The minimum absolute atomic E-state index is 0.153. The molecule has 20 heavy (non-hydrogen) atoms. The third kappa shape index (κ3) is 4.80. The fraction of sp³-hybridized carbons (Fsp3) is 0.875. The lowest BCUT2D eigenvalue weighted by molar-refractivity contribution is -0.140. The van der Waals surface area contributed by atoms with Crippen molar-refractivity contribution in [2.45, 2.75) is 64.2 Å². The maximum Gasteiger partial charge on any atom is 0.303 e. The fourth-order valence-electron chi connectivity index (χ4n) is 3.67. The van der Waals surface area contributed by atoms with E-state index in [0.29, 0.717) is 13.0 Å².